The second kappa shape index (κ2) is 7.19. The normalized spacial score (nSPS) is 28.6. The van der Waals surface area contributed by atoms with E-state index < -0.39 is 0 Å². The van der Waals surface area contributed by atoms with Crippen LogP contribution in [-0.2, 0) is 4.79 Å². The number of hydrazone groups is 1. The number of carbonyl (C=O) groups is 1. The molecule has 1 aromatic heterocycles. The highest BCUT2D eigenvalue weighted by atomic mass is 16.2. The van der Waals surface area contributed by atoms with Gasteiger partial charge in [0.1, 0.15) is 0 Å². The molecule has 4 aliphatic carbocycles. The van der Waals surface area contributed by atoms with Gasteiger partial charge >= 0.3 is 0 Å². The fourth-order valence-corrected chi connectivity index (χ4v) is 6.95. The van der Waals surface area contributed by atoms with Crippen molar-refractivity contribution >= 4 is 22.9 Å². The van der Waals surface area contributed by atoms with E-state index >= 15 is 0 Å². The molecule has 0 unspecified atom stereocenters. The van der Waals surface area contributed by atoms with Gasteiger partial charge in [0.15, 0.2) is 0 Å². The number of benzene rings is 2. The summed E-state index contributed by atoms with van der Waals surface area (Å²) >= 11 is 0. The summed E-state index contributed by atoms with van der Waals surface area (Å²) < 4.78 is 1.56. The summed E-state index contributed by atoms with van der Waals surface area (Å²) in [6.45, 7) is 1.85. The van der Waals surface area contributed by atoms with Crippen molar-refractivity contribution in [2.75, 3.05) is 0 Å². The Hall–Kier alpha value is -3.15. The van der Waals surface area contributed by atoms with Crippen molar-refractivity contribution < 1.29 is 4.79 Å². The number of carbonyl (C=O) groups excluding carboxylic acids is 1. The van der Waals surface area contributed by atoms with Gasteiger partial charge in [-0.05, 0) is 74.7 Å². The number of nitrogens with one attached hydrogen (secondary N) is 2. The van der Waals surface area contributed by atoms with E-state index in [4.69, 9.17) is 0 Å². The molecule has 1 amide bonds. The van der Waals surface area contributed by atoms with Crippen LogP contribution in [-0.4, -0.2) is 21.9 Å². The molecule has 4 fully saturated rings. The third kappa shape index (κ3) is 3.04. The molecule has 6 heteroatoms. The Morgan fingerprint density at radius 2 is 1.72 bits per heavy atom. The molecule has 3 aromatic rings. The predicted octanol–water partition coefficient (Wildman–Crippen LogP) is 4.29. The smallest absolute Gasteiger partial charge is 0.280 e. The Labute approximate surface area is 186 Å². The van der Waals surface area contributed by atoms with Crippen molar-refractivity contribution in [3.63, 3.8) is 0 Å². The summed E-state index contributed by atoms with van der Waals surface area (Å²) in [5.74, 6) is 2.15. The molecular formula is C26H28N4O2. The zero-order valence-corrected chi connectivity index (χ0v) is 18.3. The third-order valence-electron chi connectivity index (χ3n) is 8.00. The lowest BCUT2D eigenvalue weighted by Crippen LogP contribution is -2.52. The lowest BCUT2D eigenvalue weighted by atomic mass is 9.49. The number of nitrogens with zero attached hydrogens (tertiary/aromatic N) is 2. The zero-order chi connectivity index (χ0) is 21.9. The Bertz CT molecular complexity index is 1260. The van der Waals surface area contributed by atoms with Crippen molar-refractivity contribution in [1.82, 2.24) is 15.2 Å². The number of rotatable bonds is 4. The second-order valence-electron chi connectivity index (χ2n) is 10.2. The maximum absolute atomic E-state index is 13.2. The molecule has 7 rings (SSSR count). The first-order valence-electron chi connectivity index (χ1n) is 11.7. The number of hydrogen-bond donors (Lipinski definition) is 2. The van der Waals surface area contributed by atoms with Crippen LogP contribution >= 0.6 is 0 Å². The van der Waals surface area contributed by atoms with Crippen molar-refractivity contribution in [2.24, 2.45) is 28.3 Å². The van der Waals surface area contributed by atoms with E-state index in [1.54, 1.807) is 4.68 Å². The summed E-state index contributed by atoms with van der Waals surface area (Å²) in [5.41, 5.74) is 4.35. The van der Waals surface area contributed by atoms with E-state index in [9.17, 15) is 9.59 Å². The van der Waals surface area contributed by atoms with Crippen molar-refractivity contribution in [3.8, 4) is 5.69 Å². The maximum atomic E-state index is 13.2. The van der Waals surface area contributed by atoms with E-state index in [1.165, 1.54) is 25.5 Å². The average Bonchev–Trinajstić information content (AvgIpc) is 3.06. The summed E-state index contributed by atoms with van der Waals surface area (Å²) in [6.07, 6.45) is 8.38. The molecule has 1 heterocycles. The summed E-state index contributed by atoms with van der Waals surface area (Å²) in [6, 6.07) is 13.9. The van der Waals surface area contributed by atoms with Crippen molar-refractivity contribution in [1.29, 1.82) is 0 Å². The Morgan fingerprint density at radius 1 is 1.06 bits per heavy atom. The Balaban J connectivity index is 1.25. The molecule has 0 aliphatic heterocycles. The Kier molecular flexibility index (Phi) is 4.39. The standard InChI is InChI=1S/C26H28N4O2/c1-16-22(24(31)30(29-16)23-8-4-6-20-5-2-3-7-21(20)23)15-27-28-25(32)26-12-17-9-18(13-26)11-19(10-17)14-26/h2-8,15,17-19,29H,9-14H2,1H3,(H,28,32). The number of aromatic nitrogens is 2. The minimum atomic E-state index is -0.248. The van der Waals surface area contributed by atoms with E-state index in [-0.39, 0.29) is 16.9 Å². The first kappa shape index (κ1) is 19.5. The minimum Gasteiger partial charge on any atom is -0.295 e. The van der Waals surface area contributed by atoms with Crippen molar-refractivity contribution in [2.45, 2.75) is 45.4 Å². The molecule has 2 N–H and O–H groups in total. The molecular weight excluding hydrogens is 400 g/mol. The number of aromatic amines is 1. The number of H-pyrrole nitrogens is 1. The van der Waals surface area contributed by atoms with E-state index in [0.717, 1.165) is 41.4 Å². The molecule has 0 spiro atoms. The summed E-state index contributed by atoms with van der Waals surface area (Å²) in [4.78, 5) is 26.3. The van der Waals surface area contributed by atoms with Crippen LogP contribution in [0.2, 0.25) is 0 Å². The number of amides is 1. The largest absolute Gasteiger partial charge is 0.295 e. The van der Waals surface area contributed by atoms with Gasteiger partial charge in [-0.25, -0.2) is 10.1 Å². The zero-order valence-electron chi connectivity index (χ0n) is 18.3. The molecule has 4 aliphatic rings. The summed E-state index contributed by atoms with van der Waals surface area (Å²) in [7, 11) is 0. The van der Waals surface area contributed by atoms with Gasteiger partial charge in [-0.15, -0.1) is 0 Å². The highest BCUT2D eigenvalue weighted by Crippen LogP contribution is 2.60. The fourth-order valence-electron chi connectivity index (χ4n) is 6.95. The maximum Gasteiger partial charge on any atom is 0.280 e. The molecule has 4 saturated carbocycles. The van der Waals surface area contributed by atoms with Crippen LogP contribution in [0.25, 0.3) is 16.5 Å². The lowest BCUT2D eigenvalue weighted by Gasteiger charge is -2.55. The van der Waals surface area contributed by atoms with Gasteiger partial charge in [0.05, 0.1) is 22.9 Å². The van der Waals surface area contributed by atoms with Gasteiger partial charge in [-0.2, -0.15) is 5.10 Å². The highest BCUT2D eigenvalue weighted by molar-refractivity contribution is 5.90. The molecule has 2 aromatic carbocycles. The van der Waals surface area contributed by atoms with Gasteiger partial charge in [-0.3, -0.25) is 14.7 Å². The van der Waals surface area contributed by atoms with Crippen LogP contribution in [0.1, 0.15) is 49.8 Å². The van der Waals surface area contributed by atoms with Crippen LogP contribution in [0.4, 0.5) is 0 Å². The van der Waals surface area contributed by atoms with E-state index in [2.05, 4.69) is 15.6 Å². The van der Waals surface area contributed by atoms with Crippen LogP contribution in [0, 0.1) is 30.1 Å². The minimum absolute atomic E-state index is 0.0374. The monoisotopic (exact) mass is 428 g/mol. The molecule has 6 nitrogen and oxygen atoms in total. The van der Waals surface area contributed by atoms with E-state index in [1.807, 2.05) is 49.4 Å². The number of aryl methyl sites for hydroxylation is 1. The summed E-state index contributed by atoms with van der Waals surface area (Å²) in [5, 5.41) is 9.47. The number of hydrogen-bond acceptors (Lipinski definition) is 3. The Morgan fingerprint density at radius 3 is 2.44 bits per heavy atom. The van der Waals surface area contributed by atoms with E-state index in [0.29, 0.717) is 23.3 Å². The van der Waals surface area contributed by atoms with Crippen LogP contribution in [0.5, 0.6) is 0 Å². The van der Waals surface area contributed by atoms with Crippen LogP contribution in [0.15, 0.2) is 52.4 Å². The van der Waals surface area contributed by atoms with Gasteiger partial charge in [0.2, 0.25) is 5.91 Å². The fraction of sp³-hybridized carbons (Fsp3) is 0.423. The molecule has 0 radical (unpaired) electrons. The molecule has 32 heavy (non-hydrogen) atoms. The van der Waals surface area contributed by atoms with Crippen LogP contribution in [0.3, 0.4) is 0 Å². The van der Waals surface area contributed by atoms with Gasteiger partial charge in [-0.1, -0.05) is 36.4 Å². The predicted molar refractivity (Wildman–Crippen MR) is 125 cm³/mol. The molecule has 4 bridgehead atoms. The topological polar surface area (TPSA) is 79.2 Å². The highest BCUT2D eigenvalue weighted by Gasteiger charge is 2.54. The molecule has 0 atom stereocenters. The molecule has 0 saturated heterocycles. The molecule has 164 valence electrons. The average molecular weight is 429 g/mol. The first-order chi connectivity index (χ1) is 15.5. The van der Waals surface area contributed by atoms with Gasteiger partial charge in [0.25, 0.3) is 5.56 Å². The van der Waals surface area contributed by atoms with Crippen LogP contribution < -0.4 is 11.0 Å². The van der Waals surface area contributed by atoms with Crippen molar-refractivity contribution in [3.05, 3.63) is 64.1 Å². The SMILES string of the molecule is Cc1[nH]n(-c2cccc3ccccc23)c(=O)c1C=NNC(=O)C12CC3CC(CC(C3)C1)C2. The number of fused-ring (bicyclic) bond motifs is 1. The first-order valence-corrected chi connectivity index (χ1v) is 11.7. The van der Waals surface area contributed by atoms with Gasteiger partial charge in [0, 0.05) is 11.1 Å². The van der Waals surface area contributed by atoms with Gasteiger partial charge < -0.3 is 0 Å². The second-order valence-corrected chi connectivity index (χ2v) is 10.2. The quantitative estimate of drug-likeness (QED) is 0.480. The lowest BCUT2D eigenvalue weighted by molar-refractivity contribution is -0.146. The third-order valence-corrected chi connectivity index (χ3v) is 8.00.